The Hall–Kier alpha value is -2.51. The second-order valence-electron chi connectivity index (χ2n) is 8.86. The molecule has 3 heterocycles. The van der Waals surface area contributed by atoms with Gasteiger partial charge in [0.25, 0.3) is 5.91 Å². The molecule has 8 heteroatoms. The van der Waals surface area contributed by atoms with Crippen LogP contribution in [0.1, 0.15) is 47.0 Å². The number of rotatable bonds is 3. The Balaban J connectivity index is 1.19. The van der Waals surface area contributed by atoms with Gasteiger partial charge in [0.1, 0.15) is 5.82 Å². The molecule has 0 bridgehead atoms. The Morgan fingerprint density at radius 3 is 2.52 bits per heavy atom. The van der Waals surface area contributed by atoms with Crippen LogP contribution in [0.2, 0.25) is 5.02 Å². The molecule has 0 radical (unpaired) electrons. The molecule has 2 aromatic carbocycles. The molecule has 1 atom stereocenters. The van der Waals surface area contributed by atoms with Crippen LogP contribution in [0.4, 0.5) is 4.39 Å². The largest absolute Gasteiger partial charge is 0.342 e. The Morgan fingerprint density at radius 2 is 1.76 bits per heavy atom. The zero-order valence-corrected chi connectivity index (χ0v) is 19.7. The van der Waals surface area contributed by atoms with Crippen LogP contribution in [0, 0.1) is 11.7 Å². The number of piperidine rings is 2. The first-order valence-electron chi connectivity index (χ1n) is 11.4. The first-order valence-corrected chi connectivity index (χ1v) is 12.6. The van der Waals surface area contributed by atoms with Crippen molar-refractivity contribution >= 4 is 45.0 Å². The smallest absolute Gasteiger partial charge is 0.253 e. The molecular weight excluding hydrogens is 461 g/mol. The third kappa shape index (κ3) is 4.75. The Morgan fingerprint density at radius 1 is 1.00 bits per heavy atom. The molecule has 3 aromatic rings. The van der Waals surface area contributed by atoms with Gasteiger partial charge in [0.15, 0.2) is 0 Å². The summed E-state index contributed by atoms with van der Waals surface area (Å²) in [6.07, 6.45) is 3.38. The van der Waals surface area contributed by atoms with Crippen LogP contribution in [0.25, 0.3) is 10.2 Å². The number of likely N-dealkylation sites (tertiary alicyclic amines) is 2. The summed E-state index contributed by atoms with van der Waals surface area (Å²) in [5.41, 5.74) is 1.40. The fraction of sp³-hybridized carbons (Fsp3) is 0.400. The lowest BCUT2D eigenvalue weighted by molar-refractivity contribution is -0.138. The van der Waals surface area contributed by atoms with Crippen molar-refractivity contribution in [2.24, 2.45) is 5.92 Å². The SMILES string of the molecule is O=C(c1ccc(F)cc1)N1CCCC(C(=O)N2CCC(c3nc4cc(Cl)ccc4s3)CC2)C1. The van der Waals surface area contributed by atoms with Gasteiger partial charge in [-0.3, -0.25) is 9.59 Å². The van der Waals surface area contributed by atoms with Crippen molar-refractivity contribution < 1.29 is 14.0 Å². The molecule has 2 saturated heterocycles. The zero-order valence-electron chi connectivity index (χ0n) is 18.2. The third-order valence-electron chi connectivity index (χ3n) is 6.67. The third-order valence-corrected chi connectivity index (χ3v) is 8.11. The number of benzene rings is 2. The van der Waals surface area contributed by atoms with Crippen molar-refractivity contribution in [3.8, 4) is 0 Å². The maximum atomic E-state index is 13.2. The highest BCUT2D eigenvalue weighted by Crippen LogP contribution is 2.35. The van der Waals surface area contributed by atoms with Crippen molar-refractivity contribution in [2.75, 3.05) is 26.2 Å². The van der Waals surface area contributed by atoms with E-state index in [9.17, 15) is 14.0 Å². The molecular formula is C25H25ClFN3O2S. The Labute approximate surface area is 201 Å². The number of aromatic nitrogens is 1. The average Bonchev–Trinajstić information content (AvgIpc) is 3.27. The van der Waals surface area contributed by atoms with E-state index in [2.05, 4.69) is 0 Å². The van der Waals surface area contributed by atoms with E-state index in [-0.39, 0.29) is 23.5 Å². The predicted octanol–water partition coefficient (Wildman–Crippen LogP) is 5.35. The standard InChI is InChI=1S/C25H25ClFN3O2S/c26-19-5-8-22-21(14-19)28-23(33-22)16-9-12-29(13-10-16)25(32)18-2-1-11-30(15-18)24(31)17-3-6-20(27)7-4-17/h3-8,14,16,18H,1-2,9-13,15H2. The summed E-state index contributed by atoms with van der Waals surface area (Å²) in [7, 11) is 0. The number of carbonyl (C=O) groups excluding carboxylic acids is 2. The van der Waals surface area contributed by atoms with E-state index in [1.54, 1.807) is 16.2 Å². The van der Waals surface area contributed by atoms with Gasteiger partial charge in [0.2, 0.25) is 5.91 Å². The van der Waals surface area contributed by atoms with E-state index >= 15 is 0 Å². The van der Waals surface area contributed by atoms with Crippen LogP contribution in [-0.4, -0.2) is 52.8 Å². The second kappa shape index (κ2) is 9.39. The van der Waals surface area contributed by atoms with Gasteiger partial charge in [0.05, 0.1) is 21.1 Å². The number of halogens is 2. The second-order valence-corrected chi connectivity index (χ2v) is 10.4. The molecule has 2 amide bonds. The van der Waals surface area contributed by atoms with Crippen molar-refractivity contribution in [3.63, 3.8) is 0 Å². The molecule has 5 rings (SSSR count). The number of nitrogens with zero attached hydrogens (tertiary/aromatic N) is 3. The highest BCUT2D eigenvalue weighted by molar-refractivity contribution is 7.18. The quantitative estimate of drug-likeness (QED) is 0.502. The van der Waals surface area contributed by atoms with Gasteiger partial charge in [-0.25, -0.2) is 9.37 Å². The molecule has 2 fully saturated rings. The van der Waals surface area contributed by atoms with E-state index in [0.29, 0.717) is 42.7 Å². The molecule has 172 valence electrons. The number of carbonyl (C=O) groups is 2. The molecule has 0 saturated carbocycles. The molecule has 1 unspecified atom stereocenters. The van der Waals surface area contributed by atoms with Crippen LogP contribution >= 0.6 is 22.9 Å². The summed E-state index contributed by atoms with van der Waals surface area (Å²) in [6.45, 7) is 2.47. The molecule has 1 aromatic heterocycles. The Kier molecular flexibility index (Phi) is 6.34. The summed E-state index contributed by atoms with van der Waals surface area (Å²) >= 11 is 7.80. The average molecular weight is 486 g/mol. The number of amides is 2. The van der Waals surface area contributed by atoms with Gasteiger partial charge in [0, 0.05) is 42.7 Å². The van der Waals surface area contributed by atoms with Gasteiger partial charge in [-0.1, -0.05) is 11.6 Å². The number of thiazole rings is 1. The van der Waals surface area contributed by atoms with Crippen LogP contribution < -0.4 is 0 Å². The maximum absolute atomic E-state index is 13.2. The number of hydrogen-bond acceptors (Lipinski definition) is 4. The van der Waals surface area contributed by atoms with E-state index in [1.807, 2.05) is 23.1 Å². The number of fused-ring (bicyclic) bond motifs is 1. The van der Waals surface area contributed by atoms with Gasteiger partial charge in [-0.15, -0.1) is 11.3 Å². The van der Waals surface area contributed by atoms with Crippen LogP contribution in [0.5, 0.6) is 0 Å². The van der Waals surface area contributed by atoms with Crippen LogP contribution in [0.15, 0.2) is 42.5 Å². The monoisotopic (exact) mass is 485 g/mol. The minimum absolute atomic E-state index is 0.137. The van der Waals surface area contributed by atoms with Crippen LogP contribution in [-0.2, 0) is 4.79 Å². The zero-order chi connectivity index (χ0) is 22.9. The number of hydrogen-bond donors (Lipinski definition) is 0. The highest BCUT2D eigenvalue weighted by atomic mass is 35.5. The summed E-state index contributed by atoms with van der Waals surface area (Å²) in [6, 6.07) is 11.4. The van der Waals surface area contributed by atoms with Gasteiger partial charge >= 0.3 is 0 Å². The lowest BCUT2D eigenvalue weighted by Gasteiger charge is -2.37. The summed E-state index contributed by atoms with van der Waals surface area (Å²) in [5, 5.41) is 1.81. The molecule has 0 aliphatic carbocycles. The van der Waals surface area contributed by atoms with Gasteiger partial charge < -0.3 is 9.80 Å². The first-order chi connectivity index (χ1) is 16.0. The van der Waals surface area contributed by atoms with E-state index in [4.69, 9.17) is 16.6 Å². The van der Waals surface area contributed by atoms with E-state index in [0.717, 1.165) is 40.9 Å². The Bertz CT molecular complexity index is 1170. The van der Waals surface area contributed by atoms with Crippen LogP contribution in [0.3, 0.4) is 0 Å². The highest BCUT2D eigenvalue weighted by Gasteiger charge is 2.34. The maximum Gasteiger partial charge on any atom is 0.253 e. The van der Waals surface area contributed by atoms with Crippen molar-refractivity contribution in [1.82, 2.24) is 14.8 Å². The van der Waals surface area contributed by atoms with Crippen molar-refractivity contribution in [2.45, 2.75) is 31.6 Å². The fourth-order valence-electron chi connectivity index (χ4n) is 4.84. The first kappa shape index (κ1) is 22.3. The molecule has 2 aliphatic heterocycles. The fourth-order valence-corrected chi connectivity index (χ4v) is 6.12. The van der Waals surface area contributed by atoms with Crippen molar-refractivity contribution in [3.05, 3.63) is 63.9 Å². The van der Waals surface area contributed by atoms with E-state index in [1.165, 1.54) is 24.3 Å². The minimum Gasteiger partial charge on any atom is -0.342 e. The summed E-state index contributed by atoms with van der Waals surface area (Å²) in [5.74, 6) is -0.183. The molecule has 0 N–H and O–H groups in total. The summed E-state index contributed by atoms with van der Waals surface area (Å²) < 4.78 is 14.3. The van der Waals surface area contributed by atoms with Gasteiger partial charge in [-0.05, 0) is 68.1 Å². The summed E-state index contributed by atoms with van der Waals surface area (Å²) in [4.78, 5) is 34.5. The van der Waals surface area contributed by atoms with Crippen molar-refractivity contribution in [1.29, 1.82) is 0 Å². The van der Waals surface area contributed by atoms with Gasteiger partial charge in [-0.2, -0.15) is 0 Å². The molecule has 2 aliphatic rings. The lowest BCUT2D eigenvalue weighted by atomic mass is 9.92. The molecule has 33 heavy (non-hydrogen) atoms. The van der Waals surface area contributed by atoms with E-state index < -0.39 is 0 Å². The predicted molar refractivity (Wildman–Crippen MR) is 128 cm³/mol. The minimum atomic E-state index is -0.365. The normalized spacial score (nSPS) is 19.8. The molecule has 0 spiro atoms. The molecule has 5 nitrogen and oxygen atoms in total. The lowest BCUT2D eigenvalue weighted by Crippen LogP contribution is -2.48. The topological polar surface area (TPSA) is 53.5 Å².